The molecule has 4 rings (SSSR count). The zero-order valence-electron chi connectivity index (χ0n) is 16.5. The van der Waals surface area contributed by atoms with Crippen LogP contribution in [0.15, 0.2) is 20.2 Å². The monoisotopic (exact) mass is 438 g/mol. The van der Waals surface area contributed by atoms with Crippen LogP contribution in [-0.4, -0.2) is 48.4 Å². The van der Waals surface area contributed by atoms with Crippen LogP contribution >= 0.6 is 11.3 Å². The van der Waals surface area contributed by atoms with E-state index in [1.807, 2.05) is 6.92 Å². The highest BCUT2D eigenvalue weighted by atomic mass is 32.2. The second-order valence-corrected chi connectivity index (χ2v) is 10.8. The number of nitrogens with one attached hydrogen (secondary N) is 1. The van der Waals surface area contributed by atoms with Crippen LogP contribution in [0.2, 0.25) is 0 Å². The van der Waals surface area contributed by atoms with Crippen molar-refractivity contribution in [1.29, 1.82) is 0 Å². The fraction of sp³-hybridized carbons (Fsp3) is 0.632. The van der Waals surface area contributed by atoms with Crippen LogP contribution in [0.25, 0.3) is 11.4 Å². The average molecular weight is 439 g/mol. The summed E-state index contributed by atoms with van der Waals surface area (Å²) < 4.78 is 33.3. The number of rotatable bonds is 6. The fourth-order valence-electron chi connectivity index (χ4n) is 4.08. The molecule has 29 heavy (non-hydrogen) atoms. The highest BCUT2D eigenvalue weighted by molar-refractivity contribution is 7.91. The van der Waals surface area contributed by atoms with Crippen molar-refractivity contribution < 1.29 is 17.7 Å². The van der Waals surface area contributed by atoms with Gasteiger partial charge in [0.15, 0.2) is 0 Å². The van der Waals surface area contributed by atoms with Crippen molar-refractivity contribution in [2.75, 3.05) is 19.6 Å². The van der Waals surface area contributed by atoms with Gasteiger partial charge < -0.3 is 9.84 Å². The Morgan fingerprint density at radius 2 is 2.10 bits per heavy atom. The van der Waals surface area contributed by atoms with Crippen molar-refractivity contribution in [3.8, 4) is 11.4 Å². The third-order valence-corrected chi connectivity index (χ3v) is 8.96. The summed E-state index contributed by atoms with van der Waals surface area (Å²) in [5.41, 5.74) is 0.652. The number of nitrogens with zero attached hydrogens (tertiary/aromatic N) is 3. The number of hydrogen-bond donors (Lipinski definition) is 1. The van der Waals surface area contributed by atoms with Crippen LogP contribution in [0, 0.1) is 5.92 Å². The van der Waals surface area contributed by atoms with Gasteiger partial charge in [0.05, 0.1) is 5.92 Å². The highest BCUT2D eigenvalue weighted by Crippen LogP contribution is 2.35. The summed E-state index contributed by atoms with van der Waals surface area (Å²) in [5, 5.41) is 8.60. The normalized spacial score (nSPS) is 21.5. The van der Waals surface area contributed by atoms with Crippen molar-refractivity contribution in [2.24, 2.45) is 5.92 Å². The highest BCUT2D eigenvalue weighted by Gasteiger charge is 2.34. The van der Waals surface area contributed by atoms with E-state index in [4.69, 9.17) is 4.52 Å². The van der Waals surface area contributed by atoms with Crippen LogP contribution in [0.4, 0.5) is 0 Å². The molecule has 8 nitrogen and oxygen atoms in total. The number of thiophene rings is 1. The van der Waals surface area contributed by atoms with E-state index in [9.17, 15) is 13.2 Å². The van der Waals surface area contributed by atoms with Gasteiger partial charge in [0.1, 0.15) is 4.21 Å². The van der Waals surface area contributed by atoms with Crippen molar-refractivity contribution in [1.82, 2.24) is 19.8 Å². The molecule has 0 unspecified atom stereocenters. The summed E-state index contributed by atoms with van der Waals surface area (Å²) in [6.45, 7) is 3.05. The molecular formula is C19H26N4O4S2. The van der Waals surface area contributed by atoms with Gasteiger partial charge in [-0.15, -0.1) is 11.3 Å². The summed E-state index contributed by atoms with van der Waals surface area (Å²) >= 11 is 1.15. The Morgan fingerprint density at radius 1 is 1.31 bits per heavy atom. The number of carbonyl (C=O) groups is 1. The van der Waals surface area contributed by atoms with E-state index in [-0.39, 0.29) is 22.6 Å². The minimum atomic E-state index is -3.65. The number of hydrogen-bond acceptors (Lipinski definition) is 7. The summed E-state index contributed by atoms with van der Waals surface area (Å²) in [6.07, 6.45) is 5.86. The fourth-order valence-corrected chi connectivity index (χ4v) is 6.92. The topological polar surface area (TPSA) is 105 Å². The van der Waals surface area contributed by atoms with Gasteiger partial charge in [-0.2, -0.15) is 9.29 Å². The number of sulfonamides is 1. The van der Waals surface area contributed by atoms with E-state index in [0.29, 0.717) is 49.1 Å². The van der Waals surface area contributed by atoms with Gasteiger partial charge >= 0.3 is 0 Å². The molecule has 0 radical (unpaired) electrons. The Labute approximate surface area is 174 Å². The van der Waals surface area contributed by atoms with Gasteiger partial charge in [0.25, 0.3) is 10.0 Å². The lowest BCUT2D eigenvalue weighted by atomic mass is 9.99. The lowest BCUT2D eigenvalue weighted by Crippen LogP contribution is -2.45. The molecule has 1 saturated heterocycles. The molecule has 2 aromatic rings. The van der Waals surface area contributed by atoms with Crippen molar-refractivity contribution >= 4 is 27.3 Å². The second-order valence-electron chi connectivity index (χ2n) is 7.69. The molecule has 1 aliphatic carbocycles. The van der Waals surface area contributed by atoms with Crippen LogP contribution in [0.3, 0.4) is 0 Å². The van der Waals surface area contributed by atoms with E-state index < -0.39 is 10.0 Å². The first-order valence-corrected chi connectivity index (χ1v) is 12.5. The predicted molar refractivity (Wildman–Crippen MR) is 109 cm³/mol. The van der Waals surface area contributed by atoms with Crippen LogP contribution in [0.1, 0.15) is 57.3 Å². The quantitative estimate of drug-likeness (QED) is 0.743. The molecule has 10 heteroatoms. The maximum atomic E-state index is 13.1. The van der Waals surface area contributed by atoms with Gasteiger partial charge in [0.2, 0.25) is 17.6 Å². The standard InChI is InChI=1S/C19H26N4O4S2/c1-2-20-18(24)14-8-5-9-23(11-14)29(25,26)16-10-15(12-28-16)17-21-19(27-22-17)13-6-3-4-7-13/h10,12-14H,2-9,11H2,1H3,(H,20,24)/t14-/m0/s1. The third-order valence-electron chi connectivity index (χ3n) is 5.68. The number of piperidine rings is 1. The minimum absolute atomic E-state index is 0.0782. The molecule has 2 fully saturated rings. The van der Waals surface area contributed by atoms with Crippen LogP contribution in [0.5, 0.6) is 0 Å². The number of aromatic nitrogens is 2. The van der Waals surface area contributed by atoms with Gasteiger partial charge in [-0.05, 0) is 38.7 Å². The number of amides is 1. The van der Waals surface area contributed by atoms with Crippen LogP contribution < -0.4 is 5.32 Å². The summed E-state index contributed by atoms with van der Waals surface area (Å²) in [4.78, 5) is 16.6. The Hall–Kier alpha value is -1.78. The maximum Gasteiger partial charge on any atom is 0.252 e. The largest absolute Gasteiger partial charge is 0.356 e. The molecule has 158 valence electrons. The smallest absolute Gasteiger partial charge is 0.252 e. The van der Waals surface area contributed by atoms with Gasteiger partial charge in [-0.25, -0.2) is 8.42 Å². The molecule has 0 aromatic carbocycles. The molecule has 2 aromatic heterocycles. The van der Waals surface area contributed by atoms with Crippen molar-refractivity contribution in [3.63, 3.8) is 0 Å². The van der Waals surface area contributed by atoms with E-state index >= 15 is 0 Å². The van der Waals surface area contributed by atoms with E-state index in [1.165, 1.54) is 17.1 Å². The molecule has 1 saturated carbocycles. The van der Waals surface area contributed by atoms with Crippen molar-refractivity contribution in [3.05, 3.63) is 17.3 Å². The molecule has 2 aliphatic rings. The zero-order valence-corrected chi connectivity index (χ0v) is 18.1. The second kappa shape index (κ2) is 8.53. The van der Waals surface area contributed by atoms with Gasteiger partial charge in [-0.1, -0.05) is 18.0 Å². The summed E-state index contributed by atoms with van der Waals surface area (Å²) in [7, 11) is -3.65. The van der Waals surface area contributed by atoms with Crippen molar-refractivity contribution in [2.45, 2.75) is 55.6 Å². The predicted octanol–water partition coefficient (Wildman–Crippen LogP) is 2.99. The first kappa shape index (κ1) is 20.5. The van der Waals surface area contributed by atoms with E-state index in [0.717, 1.165) is 24.2 Å². The molecule has 1 atom stereocenters. The molecule has 1 N–H and O–H groups in total. The molecular weight excluding hydrogens is 412 g/mol. The number of carbonyl (C=O) groups excluding carboxylic acids is 1. The molecule has 0 spiro atoms. The Bertz CT molecular complexity index is 963. The molecule has 1 aliphatic heterocycles. The first-order chi connectivity index (χ1) is 14.0. The summed E-state index contributed by atoms with van der Waals surface area (Å²) in [6, 6.07) is 1.61. The lowest BCUT2D eigenvalue weighted by Gasteiger charge is -2.30. The summed E-state index contributed by atoms with van der Waals surface area (Å²) in [5.74, 6) is 1.02. The third kappa shape index (κ3) is 4.24. The molecule has 1 amide bonds. The zero-order chi connectivity index (χ0) is 20.4. The van der Waals surface area contributed by atoms with E-state index in [1.54, 1.807) is 11.4 Å². The minimum Gasteiger partial charge on any atom is -0.356 e. The Kier molecular flexibility index (Phi) is 6.03. The molecule has 3 heterocycles. The van der Waals surface area contributed by atoms with E-state index in [2.05, 4.69) is 15.5 Å². The maximum absolute atomic E-state index is 13.1. The van der Waals surface area contributed by atoms with Crippen LogP contribution in [-0.2, 0) is 14.8 Å². The average Bonchev–Trinajstić information content (AvgIpc) is 3.49. The lowest BCUT2D eigenvalue weighted by molar-refractivity contribution is -0.125. The Balaban J connectivity index is 1.50. The van der Waals surface area contributed by atoms with Gasteiger partial charge in [-0.3, -0.25) is 4.79 Å². The molecule has 0 bridgehead atoms. The Morgan fingerprint density at radius 3 is 2.86 bits per heavy atom. The first-order valence-electron chi connectivity index (χ1n) is 10.2. The SMILES string of the molecule is CCNC(=O)[C@H]1CCCN(S(=O)(=O)c2cc(-c3noc(C4CCCC4)n3)cs2)C1. The van der Waals surface area contributed by atoms with Gasteiger partial charge in [0, 0.05) is 36.5 Å².